The van der Waals surface area contributed by atoms with Gasteiger partial charge in [-0.05, 0) is 12.5 Å². The van der Waals surface area contributed by atoms with Crippen molar-refractivity contribution in [3.05, 3.63) is 18.3 Å². The molecule has 0 saturated heterocycles. The highest BCUT2D eigenvalue weighted by Crippen LogP contribution is 2.07. The predicted molar refractivity (Wildman–Crippen MR) is 72.9 cm³/mol. The van der Waals surface area contributed by atoms with Crippen molar-refractivity contribution in [2.75, 3.05) is 6.61 Å². The average Bonchev–Trinajstić information content (AvgIpc) is 2.38. The van der Waals surface area contributed by atoms with Gasteiger partial charge in [-0.3, -0.25) is 0 Å². The maximum atomic E-state index is 8.91. The van der Waals surface area contributed by atoms with Crippen molar-refractivity contribution in [1.29, 1.82) is 0 Å². The summed E-state index contributed by atoms with van der Waals surface area (Å²) in [6.45, 7) is 2.88. The van der Waals surface area contributed by atoms with Crippen molar-refractivity contribution < 1.29 is 14.8 Å². The fraction of sp³-hybridized carbons (Fsp3) is 0.615. The van der Waals surface area contributed by atoms with E-state index in [1.54, 1.807) is 12.1 Å². The molecule has 0 saturated carbocycles. The van der Waals surface area contributed by atoms with E-state index in [-0.39, 0.29) is 0 Å². The van der Waals surface area contributed by atoms with E-state index in [1.165, 1.54) is 38.3 Å². The monoisotopic (exact) mass is 251 g/mol. The SMILES string of the molecule is CCCCCCCCOc1ccc(B(O)O)cn1. The van der Waals surface area contributed by atoms with E-state index in [0.717, 1.165) is 6.42 Å². The van der Waals surface area contributed by atoms with Gasteiger partial charge in [0.25, 0.3) is 0 Å². The molecule has 0 atom stereocenters. The second-order valence-corrected chi connectivity index (χ2v) is 4.42. The van der Waals surface area contributed by atoms with Crippen molar-refractivity contribution in [3.63, 3.8) is 0 Å². The zero-order valence-corrected chi connectivity index (χ0v) is 11.0. The molecule has 1 aromatic heterocycles. The Labute approximate surface area is 109 Å². The highest BCUT2D eigenvalue weighted by Gasteiger charge is 2.10. The van der Waals surface area contributed by atoms with Crippen LogP contribution >= 0.6 is 0 Å². The lowest BCUT2D eigenvalue weighted by atomic mass is 9.82. The Bertz CT molecular complexity index is 317. The summed E-state index contributed by atoms with van der Waals surface area (Å²) in [6.07, 6.45) is 8.79. The maximum absolute atomic E-state index is 8.91. The Morgan fingerprint density at radius 3 is 2.44 bits per heavy atom. The molecular formula is C13H22BNO3. The van der Waals surface area contributed by atoms with Gasteiger partial charge in [0.2, 0.25) is 5.88 Å². The smallest absolute Gasteiger partial charge is 0.478 e. The molecule has 0 aromatic carbocycles. The minimum atomic E-state index is -1.47. The van der Waals surface area contributed by atoms with Crippen LogP contribution in [-0.2, 0) is 0 Å². The summed E-state index contributed by atoms with van der Waals surface area (Å²) in [5.74, 6) is 0.535. The number of pyridine rings is 1. The second-order valence-electron chi connectivity index (χ2n) is 4.42. The Balaban J connectivity index is 2.12. The molecule has 0 fully saturated rings. The Kier molecular flexibility index (Phi) is 7.45. The number of nitrogens with zero attached hydrogens (tertiary/aromatic N) is 1. The number of unbranched alkanes of at least 4 members (excludes halogenated alkanes) is 5. The van der Waals surface area contributed by atoms with Crippen molar-refractivity contribution in [3.8, 4) is 5.88 Å². The summed E-state index contributed by atoms with van der Waals surface area (Å²) in [5.41, 5.74) is 0.377. The number of hydrogen-bond acceptors (Lipinski definition) is 4. The lowest BCUT2D eigenvalue weighted by Gasteiger charge is -2.06. The van der Waals surface area contributed by atoms with Gasteiger partial charge in [-0.25, -0.2) is 4.98 Å². The van der Waals surface area contributed by atoms with Gasteiger partial charge in [0.05, 0.1) is 6.61 Å². The maximum Gasteiger partial charge on any atom is 0.490 e. The summed E-state index contributed by atoms with van der Waals surface area (Å²) in [6, 6.07) is 3.26. The average molecular weight is 251 g/mol. The molecule has 0 spiro atoms. The quantitative estimate of drug-likeness (QED) is 0.515. The van der Waals surface area contributed by atoms with Crippen molar-refractivity contribution >= 4 is 12.6 Å². The molecule has 2 N–H and O–H groups in total. The Hall–Kier alpha value is -1.07. The molecule has 0 aliphatic rings. The molecule has 0 aliphatic heterocycles. The van der Waals surface area contributed by atoms with E-state index in [0.29, 0.717) is 17.9 Å². The third-order valence-electron chi connectivity index (χ3n) is 2.81. The van der Waals surface area contributed by atoms with Crippen LogP contribution in [0.5, 0.6) is 5.88 Å². The van der Waals surface area contributed by atoms with Crippen LogP contribution in [0.25, 0.3) is 0 Å². The van der Waals surface area contributed by atoms with Crippen LogP contribution in [0.1, 0.15) is 45.4 Å². The van der Waals surface area contributed by atoms with Gasteiger partial charge < -0.3 is 14.8 Å². The van der Waals surface area contributed by atoms with Gasteiger partial charge in [-0.2, -0.15) is 0 Å². The van der Waals surface area contributed by atoms with Crippen LogP contribution in [-0.4, -0.2) is 28.8 Å². The first-order valence-corrected chi connectivity index (χ1v) is 6.69. The summed E-state index contributed by atoms with van der Waals surface area (Å²) in [5, 5.41) is 17.8. The van der Waals surface area contributed by atoms with Crippen LogP contribution in [0.15, 0.2) is 18.3 Å². The molecule has 1 heterocycles. The first-order valence-electron chi connectivity index (χ1n) is 6.69. The lowest BCUT2D eigenvalue weighted by Crippen LogP contribution is -2.29. The van der Waals surface area contributed by atoms with E-state index >= 15 is 0 Å². The first-order chi connectivity index (χ1) is 8.74. The van der Waals surface area contributed by atoms with E-state index < -0.39 is 7.12 Å². The number of ether oxygens (including phenoxy) is 1. The largest absolute Gasteiger partial charge is 0.490 e. The molecule has 0 aliphatic carbocycles. The topological polar surface area (TPSA) is 62.6 Å². The zero-order chi connectivity index (χ0) is 13.2. The molecule has 0 amide bonds. The summed E-state index contributed by atoms with van der Waals surface area (Å²) in [7, 11) is -1.47. The number of rotatable bonds is 9. The lowest BCUT2D eigenvalue weighted by molar-refractivity contribution is 0.293. The van der Waals surface area contributed by atoms with Crippen molar-refractivity contribution in [1.82, 2.24) is 4.98 Å². The van der Waals surface area contributed by atoms with E-state index in [1.807, 2.05) is 0 Å². The van der Waals surface area contributed by atoms with Gasteiger partial charge in [-0.15, -0.1) is 0 Å². The molecule has 5 heteroatoms. The predicted octanol–water partition coefficient (Wildman–Crippen LogP) is 1.50. The summed E-state index contributed by atoms with van der Waals surface area (Å²) < 4.78 is 5.47. The molecule has 4 nitrogen and oxygen atoms in total. The molecular weight excluding hydrogens is 229 g/mol. The van der Waals surface area contributed by atoms with Crippen LogP contribution in [0.3, 0.4) is 0 Å². The highest BCUT2D eigenvalue weighted by molar-refractivity contribution is 6.58. The van der Waals surface area contributed by atoms with Gasteiger partial charge in [0.1, 0.15) is 0 Å². The van der Waals surface area contributed by atoms with E-state index in [4.69, 9.17) is 14.8 Å². The van der Waals surface area contributed by atoms with Crippen LogP contribution in [0, 0.1) is 0 Å². The van der Waals surface area contributed by atoms with E-state index in [9.17, 15) is 0 Å². The standard InChI is InChI=1S/C13H22BNO3/c1-2-3-4-5-6-7-10-18-13-9-8-12(11-15-13)14(16)17/h8-9,11,16-17H,2-7,10H2,1H3. The first kappa shape index (κ1) is 15.0. The minimum absolute atomic E-state index is 0.377. The zero-order valence-electron chi connectivity index (χ0n) is 11.0. The Morgan fingerprint density at radius 1 is 1.11 bits per heavy atom. The fourth-order valence-corrected chi connectivity index (χ4v) is 1.69. The molecule has 18 heavy (non-hydrogen) atoms. The van der Waals surface area contributed by atoms with Crippen LogP contribution in [0.4, 0.5) is 0 Å². The molecule has 1 rings (SSSR count). The van der Waals surface area contributed by atoms with Gasteiger partial charge in [0, 0.05) is 11.7 Å². The summed E-state index contributed by atoms with van der Waals surface area (Å²) >= 11 is 0. The third kappa shape index (κ3) is 6.03. The molecule has 100 valence electrons. The fourth-order valence-electron chi connectivity index (χ4n) is 1.69. The van der Waals surface area contributed by atoms with Crippen LogP contribution in [0.2, 0.25) is 0 Å². The van der Waals surface area contributed by atoms with Crippen molar-refractivity contribution in [2.45, 2.75) is 45.4 Å². The van der Waals surface area contributed by atoms with Gasteiger partial charge in [0.15, 0.2) is 0 Å². The third-order valence-corrected chi connectivity index (χ3v) is 2.81. The number of aromatic nitrogens is 1. The second kappa shape index (κ2) is 8.94. The van der Waals surface area contributed by atoms with Gasteiger partial charge >= 0.3 is 7.12 Å². The molecule has 0 bridgehead atoms. The molecule has 0 unspecified atom stereocenters. The molecule has 0 radical (unpaired) electrons. The minimum Gasteiger partial charge on any atom is -0.478 e. The van der Waals surface area contributed by atoms with E-state index in [2.05, 4.69) is 11.9 Å². The summed E-state index contributed by atoms with van der Waals surface area (Å²) in [4.78, 5) is 4.00. The van der Waals surface area contributed by atoms with Crippen molar-refractivity contribution in [2.24, 2.45) is 0 Å². The Morgan fingerprint density at radius 2 is 1.83 bits per heavy atom. The highest BCUT2D eigenvalue weighted by atomic mass is 16.5. The number of hydrogen-bond donors (Lipinski definition) is 2. The van der Waals surface area contributed by atoms with Crippen LogP contribution < -0.4 is 10.2 Å². The molecule has 1 aromatic rings. The normalized spacial score (nSPS) is 10.4. The van der Waals surface area contributed by atoms with Gasteiger partial charge in [-0.1, -0.05) is 45.1 Å².